The smallest absolute Gasteiger partial charge is 0.231 e. The Balaban J connectivity index is 2.46. The Morgan fingerprint density at radius 3 is 2.37 bits per heavy atom. The number of aryl methyl sites for hydroxylation is 1. The van der Waals surface area contributed by atoms with E-state index in [-0.39, 0.29) is 5.56 Å². The van der Waals surface area contributed by atoms with E-state index in [1.807, 2.05) is 0 Å². The van der Waals surface area contributed by atoms with Gasteiger partial charge in [-0.3, -0.25) is 0 Å². The lowest BCUT2D eigenvalue weighted by atomic mass is 10.1. The van der Waals surface area contributed by atoms with Crippen LogP contribution in [0, 0.1) is 12.7 Å². The molecule has 1 aromatic heterocycles. The SMILES string of the molecule is Cc1cc(-c2ccc(C(F)(F)F)cc2F)sc1C[O]. The van der Waals surface area contributed by atoms with Crippen molar-refractivity contribution in [2.45, 2.75) is 19.7 Å². The molecule has 1 heterocycles. The molecule has 0 amide bonds. The number of hydrogen-bond acceptors (Lipinski definition) is 1. The van der Waals surface area contributed by atoms with Gasteiger partial charge in [0.25, 0.3) is 0 Å². The van der Waals surface area contributed by atoms with Gasteiger partial charge in [0.15, 0.2) is 0 Å². The summed E-state index contributed by atoms with van der Waals surface area (Å²) in [5.74, 6) is -0.937. The van der Waals surface area contributed by atoms with Gasteiger partial charge < -0.3 is 0 Å². The third-order valence-electron chi connectivity index (χ3n) is 2.71. The minimum absolute atomic E-state index is 0.0841. The van der Waals surface area contributed by atoms with E-state index in [0.29, 0.717) is 15.8 Å². The Kier molecular flexibility index (Phi) is 3.64. The Morgan fingerprint density at radius 1 is 1.21 bits per heavy atom. The van der Waals surface area contributed by atoms with E-state index in [0.717, 1.165) is 29.0 Å². The third-order valence-corrected chi connectivity index (χ3v) is 3.96. The van der Waals surface area contributed by atoms with Crippen molar-refractivity contribution < 1.29 is 22.7 Å². The maximum atomic E-state index is 13.7. The lowest BCUT2D eigenvalue weighted by Gasteiger charge is -2.08. The van der Waals surface area contributed by atoms with Gasteiger partial charge in [-0.2, -0.15) is 13.2 Å². The maximum absolute atomic E-state index is 13.7. The molecule has 0 saturated heterocycles. The number of halogens is 4. The molecule has 2 rings (SSSR count). The van der Waals surface area contributed by atoms with Crippen LogP contribution >= 0.6 is 11.3 Å². The predicted molar refractivity (Wildman–Crippen MR) is 63.8 cm³/mol. The summed E-state index contributed by atoms with van der Waals surface area (Å²) in [6.45, 7) is 1.30. The molecule has 19 heavy (non-hydrogen) atoms. The first-order valence-corrected chi connectivity index (χ1v) is 6.19. The molecule has 0 atom stereocenters. The fourth-order valence-electron chi connectivity index (χ4n) is 1.69. The summed E-state index contributed by atoms with van der Waals surface area (Å²) in [5.41, 5.74) is -0.207. The van der Waals surface area contributed by atoms with Crippen LogP contribution in [0.5, 0.6) is 0 Å². The van der Waals surface area contributed by atoms with Gasteiger partial charge in [0.05, 0.1) is 5.56 Å². The Labute approximate surface area is 111 Å². The van der Waals surface area contributed by atoms with Crippen molar-refractivity contribution in [3.05, 3.63) is 46.1 Å². The van der Waals surface area contributed by atoms with Crippen LogP contribution in [0.25, 0.3) is 10.4 Å². The Hall–Kier alpha value is -1.40. The van der Waals surface area contributed by atoms with Crippen molar-refractivity contribution in [3.8, 4) is 10.4 Å². The molecule has 0 aliphatic rings. The second-order valence-corrected chi connectivity index (χ2v) is 5.19. The van der Waals surface area contributed by atoms with Gasteiger partial charge in [0.2, 0.25) is 0 Å². The zero-order chi connectivity index (χ0) is 14.2. The molecule has 101 valence electrons. The van der Waals surface area contributed by atoms with Crippen LogP contribution in [0.4, 0.5) is 17.6 Å². The van der Waals surface area contributed by atoms with E-state index < -0.39 is 24.2 Å². The normalized spacial score (nSPS) is 11.9. The Morgan fingerprint density at radius 2 is 1.89 bits per heavy atom. The Bertz CT molecular complexity index is 601. The minimum Gasteiger partial charge on any atom is -0.231 e. The molecule has 0 bridgehead atoms. The van der Waals surface area contributed by atoms with Crippen LogP contribution < -0.4 is 0 Å². The topological polar surface area (TPSA) is 19.9 Å². The standard InChI is InChI=1S/C13H9F4OS/c1-7-4-11(19-12(7)6-18)9-3-2-8(5-10(9)14)13(15,16)17/h2-5H,6H2,1H3. The molecular weight excluding hydrogens is 280 g/mol. The molecule has 0 N–H and O–H groups in total. The first-order chi connectivity index (χ1) is 8.82. The van der Waals surface area contributed by atoms with E-state index in [2.05, 4.69) is 0 Å². The van der Waals surface area contributed by atoms with Gasteiger partial charge in [-0.15, -0.1) is 11.3 Å². The summed E-state index contributed by atoms with van der Waals surface area (Å²) in [6, 6.07) is 4.02. The zero-order valence-corrected chi connectivity index (χ0v) is 10.7. The van der Waals surface area contributed by atoms with Crippen molar-refractivity contribution in [2.75, 3.05) is 0 Å². The molecular formula is C13H9F4OS. The number of benzene rings is 1. The van der Waals surface area contributed by atoms with Gasteiger partial charge in [-0.25, -0.2) is 9.50 Å². The highest BCUT2D eigenvalue weighted by Gasteiger charge is 2.31. The summed E-state index contributed by atoms with van der Waals surface area (Å²) in [7, 11) is 0. The van der Waals surface area contributed by atoms with Gasteiger partial charge in [-0.1, -0.05) is 6.07 Å². The maximum Gasteiger partial charge on any atom is 0.416 e. The van der Waals surface area contributed by atoms with Crippen LogP contribution in [0.3, 0.4) is 0 Å². The van der Waals surface area contributed by atoms with Crippen molar-refractivity contribution in [1.82, 2.24) is 0 Å². The molecule has 0 unspecified atom stereocenters. The number of alkyl halides is 3. The van der Waals surface area contributed by atoms with Gasteiger partial charge >= 0.3 is 6.18 Å². The quantitative estimate of drug-likeness (QED) is 0.707. The molecule has 6 heteroatoms. The fraction of sp³-hybridized carbons (Fsp3) is 0.231. The fourth-order valence-corrected chi connectivity index (χ4v) is 2.74. The predicted octanol–water partition coefficient (Wildman–Crippen LogP) is 4.81. The molecule has 0 saturated carbocycles. The first kappa shape index (κ1) is 14.0. The summed E-state index contributed by atoms with van der Waals surface area (Å²) < 4.78 is 51.0. The highest BCUT2D eigenvalue weighted by atomic mass is 32.1. The molecule has 0 spiro atoms. The average molecular weight is 289 g/mol. The van der Waals surface area contributed by atoms with Crippen LogP contribution in [0.15, 0.2) is 24.3 Å². The number of rotatable bonds is 2. The molecule has 0 fully saturated rings. The number of thiophene rings is 1. The monoisotopic (exact) mass is 289 g/mol. The second-order valence-electron chi connectivity index (χ2n) is 4.05. The van der Waals surface area contributed by atoms with Crippen molar-refractivity contribution >= 4 is 11.3 Å². The molecule has 1 aromatic carbocycles. The average Bonchev–Trinajstić information content (AvgIpc) is 2.69. The van der Waals surface area contributed by atoms with E-state index in [4.69, 9.17) is 0 Å². The van der Waals surface area contributed by atoms with Gasteiger partial charge in [0, 0.05) is 15.3 Å². The zero-order valence-electron chi connectivity index (χ0n) is 9.84. The molecule has 0 aliphatic heterocycles. The number of hydrogen-bond donors (Lipinski definition) is 0. The van der Waals surface area contributed by atoms with Crippen LogP contribution in [-0.2, 0) is 17.9 Å². The van der Waals surface area contributed by atoms with E-state index in [1.165, 1.54) is 0 Å². The van der Waals surface area contributed by atoms with Gasteiger partial charge in [0.1, 0.15) is 12.4 Å². The summed E-state index contributed by atoms with van der Waals surface area (Å²) in [5, 5.41) is 10.8. The van der Waals surface area contributed by atoms with E-state index >= 15 is 0 Å². The lowest BCUT2D eigenvalue weighted by molar-refractivity contribution is -0.137. The minimum atomic E-state index is -4.56. The summed E-state index contributed by atoms with van der Waals surface area (Å²) >= 11 is 1.11. The second kappa shape index (κ2) is 4.94. The lowest BCUT2D eigenvalue weighted by Crippen LogP contribution is -2.05. The molecule has 1 nitrogen and oxygen atoms in total. The third kappa shape index (κ3) is 2.79. The van der Waals surface area contributed by atoms with Crippen LogP contribution in [0.2, 0.25) is 0 Å². The summed E-state index contributed by atoms with van der Waals surface area (Å²) in [4.78, 5) is 1.03. The van der Waals surface area contributed by atoms with Crippen LogP contribution in [-0.4, -0.2) is 0 Å². The highest BCUT2D eigenvalue weighted by molar-refractivity contribution is 7.15. The van der Waals surface area contributed by atoms with E-state index in [1.54, 1.807) is 13.0 Å². The van der Waals surface area contributed by atoms with Crippen LogP contribution in [0.1, 0.15) is 16.0 Å². The van der Waals surface area contributed by atoms with Crippen molar-refractivity contribution in [3.63, 3.8) is 0 Å². The van der Waals surface area contributed by atoms with Crippen molar-refractivity contribution in [2.24, 2.45) is 0 Å². The van der Waals surface area contributed by atoms with Crippen molar-refractivity contribution in [1.29, 1.82) is 0 Å². The molecule has 1 radical (unpaired) electrons. The van der Waals surface area contributed by atoms with Gasteiger partial charge in [-0.05, 0) is 30.7 Å². The summed E-state index contributed by atoms with van der Waals surface area (Å²) in [6.07, 6.45) is -4.56. The molecule has 2 aromatic rings. The van der Waals surface area contributed by atoms with E-state index in [9.17, 15) is 22.7 Å². The highest BCUT2D eigenvalue weighted by Crippen LogP contribution is 2.36. The molecule has 0 aliphatic carbocycles. The first-order valence-electron chi connectivity index (χ1n) is 5.37. The largest absolute Gasteiger partial charge is 0.416 e.